The third kappa shape index (κ3) is 4.49. The van der Waals surface area contributed by atoms with Crippen molar-refractivity contribution in [2.24, 2.45) is 0 Å². The van der Waals surface area contributed by atoms with Crippen LogP contribution in [0.15, 0.2) is 24.3 Å². The Morgan fingerprint density at radius 1 is 1.23 bits per heavy atom. The first kappa shape index (κ1) is 14.2. The summed E-state index contributed by atoms with van der Waals surface area (Å²) in [6.45, 7) is -4.85. The van der Waals surface area contributed by atoms with Crippen LogP contribution in [0.5, 0.6) is 0 Å². The maximum Gasteiger partial charge on any atom is 1.00 e. The minimum atomic E-state index is -4.85. The average molecular weight is 277 g/mol. The number of halogens is 4. The Labute approximate surface area is 126 Å². The van der Waals surface area contributed by atoms with Crippen LogP contribution in [-0.4, -0.2) is 6.98 Å². The molecule has 0 fully saturated rings. The molecule has 0 heterocycles. The molecule has 0 aromatic heterocycles. The fourth-order valence-corrected chi connectivity index (χ4v) is 1.23. The standard InChI is InChI=1S/C7H6BBrF3.K/c9-5-6-2-1-3-7(4-6)8(10,11)12;/h1-4H,5H2;/q-1;+1. The summed E-state index contributed by atoms with van der Waals surface area (Å²) in [7, 11) is 0. The van der Waals surface area contributed by atoms with E-state index >= 15 is 0 Å². The molecule has 0 radical (unpaired) electrons. The molecule has 1 rings (SSSR count). The van der Waals surface area contributed by atoms with E-state index in [1.165, 1.54) is 6.07 Å². The summed E-state index contributed by atoms with van der Waals surface area (Å²) < 4.78 is 36.5. The Hall–Kier alpha value is 1.19. The maximum absolute atomic E-state index is 12.2. The zero-order valence-electron chi connectivity index (χ0n) is 7.11. The quantitative estimate of drug-likeness (QED) is 0.511. The first-order chi connectivity index (χ1) is 5.54. The molecule has 0 amide bonds. The van der Waals surface area contributed by atoms with Crippen LogP contribution in [0.3, 0.4) is 0 Å². The van der Waals surface area contributed by atoms with Crippen molar-refractivity contribution in [3.8, 4) is 0 Å². The van der Waals surface area contributed by atoms with E-state index in [2.05, 4.69) is 15.9 Å². The van der Waals surface area contributed by atoms with E-state index in [9.17, 15) is 12.9 Å². The van der Waals surface area contributed by atoms with Gasteiger partial charge >= 0.3 is 58.4 Å². The molecule has 66 valence electrons. The number of rotatable bonds is 2. The van der Waals surface area contributed by atoms with Gasteiger partial charge in [-0.2, -0.15) is 0 Å². The fraction of sp³-hybridized carbons (Fsp3) is 0.143. The Kier molecular flexibility index (Phi) is 6.47. The second kappa shape index (κ2) is 5.92. The Bertz CT molecular complexity index is 277. The van der Waals surface area contributed by atoms with Crippen LogP contribution in [0.4, 0.5) is 12.9 Å². The van der Waals surface area contributed by atoms with Gasteiger partial charge in [0.2, 0.25) is 0 Å². The van der Waals surface area contributed by atoms with Gasteiger partial charge in [-0.25, -0.2) is 0 Å². The second-order valence-electron chi connectivity index (χ2n) is 2.45. The summed E-state index contributed by atoms with van der Waals surface area (Å²) in [5, 5.41) is 0.451. The van der Waals surface area contributed by atoms with Gasteiger partial charge in [-0.1, -0.05) is 40.2 Å². The summed E-state index contributed by atoms with van der Waals surface area (Å²) in [4.78, 5) is 0. The van der Waals surface area contributed by atoms with Gasteiger partial charge in [0.05, 0.1) is 0 Å². The minimum absolute atomic E-state index is 0. The topological polar surface area (TPSA) is 0 Å². The second-order valence-corrected chi connectivity index (χ2v) is 3.01. The number of alkyl halides is 1. The van der Waals surface area contributed by atoms with E-state index in [0.29, 0.717) is 10.9 Å². The molecule has 1 aromatic carbocycles. The molecular formula is C7H6BBrF3K. The maximum atomic E-state index is 12.2. The Balaban J connectivity index is 0.00000144. The van der Waals surface area contributed by atoms with Gasteiger partial charge in [-0.3, -0.25) is 0 Å². The first-order valence-corrected chi connectivity index (χ1v) is 4.51. The molecule has 13 heavy (non-hydrogen) atoms. The van der Waals surface area contributed by atoms with E-state index in [4.69, 9.17) is 0 Å². The van der Waals surface area contributed by atoms with E-state index in [1.807, 2.05) is 0 Å². The van der Waals surface area contributed by atoms with Crippen LogP contribution in [0.2, 0.25) is 0 Å². The van der Waals surface area contributed by atoms with Crippen LogP contribution >= 0.6 is 15.9 Å². The molecule has 0 saturated carbocycles. The normalized spacial score (nSPS) is 10.8. The van der Waals surface area contributed by atoms with Crippen molar-refractivity contribution in [2.75, 3.05) is 0 Å². The summed E-state index contributed by atoms with van der Waals surface area (Å²) in [6, 6.07) is 5.32. The molecule has 0 aliphatic carbocycles. The van der Waals surface area contributed by atoms with Crippen LogP contribution in [0.1, 0.15) is 5.56 Å². The number of hydrogen-bond acceptors (Lipinski definition) is 0. The van der Waals surface area contributed by atoms with Crippen molar-refractivity contribution in [1.29, 1.82) is 0 Å². The molecule has 1 aromatic rings. The van der Waals surface area contributed by atoms with Crippen molar-refractivity contribution in [3.05, 3.63) is 29.8 Å². The Morgan fingerprint density at radius 3 is 2.31 bits per heavy atom. The van der Waals surface area contributed by atoms with E-state index in [-0.39, 0.29) is 51.4 Å². The smallest absolute Gasteiger partial charge is 0.445 e. The van der Waals surface area contributed by atoms with Gasteiger partial charge in [0.1, 0.15) is 0 Å². The zero-order chi connectivity index (χ0) is 9.19. The van der Waals surface area contributed by atoms with Gasteiger partial charge < -0.3 is 12.9 Å². The SMILES string of the molecule is F[B-](F)(F)c1cccc(CBr)c1.[K+]. The van der Waals surface area contributed by atoms with E-state index < -0.39 is 12.4 Å². The molecular weight excluding hydrogens is 271 g/mol. The molecule has 0 atom stereocenters. The molecule has 0 aliphatic heterocycles. The van der Waals surface area contributed by atoms with Gasteiger partial charge in [0.15, 0.2) is 0 Å². The summed E-state index contributed by atoms with van der Waals surface area (Å²) >= 11 is 3.10. The van der Waals surface area contributed by atoms with Crippen molar-refractivity contribution in [1.82, 2.24) is 0 Å². The van der Waals surface area contributed by atoms with E-state index in [1.54, 1.807) is 6.07 Å². The number of hydrogen-bond donors (Lipinski definition) is 0. The van der Waals surface area contributed by atoms with Crippen molar-refractivity contribution in [3.63, 3.8) is 0 Å². The number of benzene rings is 1. The molecule has 0 aliphatic rings. The largest absolute Gasteiger partial charge is 1.00 e. The average Bonchev–Trinajstić information content (AvgIpc) is 2.03. The summed E-state index contributed by atoms with van der Waals surface area (Å²) in [5.41, 5.74) is 0.110. The van der Waals surface area contributed by atoms with Gasteiger partial charge in [-0.15, -0.1) is 5.46 Å². The Morgan fingerprint density at radius 2 is 1.85 bits per heavy atom. The van der Waals surface area contributed by atoms with Crippen LogP contribution in [0.25, 0.3) is 0 Å². The molecule has 0 saturated heterocycles. The van der Waals surface area contributed by atoms with Crippen LogP contribution < -0.4 is 56.8 Å². The minimum Gasteiger partial charge on any atom is -0.445 e. The molecule has 0 spiro atoms. The monoisotopic (exact) mass is 276 g/mol. The molecule has 6 heteroatoms. The molecule has 0 nitrogen and oxygen atoms in total. The third-order valence-electron chi connectivity index (χ3n) is 1.48. The van der Waals surface area contributed by atoms with Crippen LogP contribution in [-0.2, 0) is 5.33 Å². The fourth-order valence-electron chi connectivity index (χ4n) is 0.880. The molecule has 0 unspecified atom stereocenters. The van der Waals surface area contributed by atoms with E-state index in [0.717, 1.165) is 12.1 Å². The molecule has 0 N–H and O–H groups in total. The van der Waals surface area contributed by atoms with Gasteiger partial charge in [0.25, 0.3) is 0 Å². The van der Waals surface area contributed by atoms with Crippen molar-refractivity contribution < 1.29 is 64.3 Å². The predicted molar refractivity (Wildman–Crippen MR) is 47.8 cm³/mol. The zero-order valence-corrected chi connectivity index (χ0v) is 11.8. The van der Waals surface area contributed by atoms with Crippen molar-refractivity contribution >= 4 is 28.4 Å². The predicted octanol–water partition coefficient (Wildman–Crippen LogP) is -0.360. The van der Waals surface area contributed by atoms with Gasteiger partial charge in [0, 0.05) is 5.33 Å². The molecule has 0 bridgehead atoms. The summed E-state index contributed by atoms with van der Waals surface area (Å²) in [5.74, 6) is 0. The van der Waals surface area contributed by atoms with Gasteiger partial charge in [-0.05, 0) is 5.56 Å². The third-order valence-corrected chi connectivity index (χ3v) is 2.13. The summed E-state index contributed by atoms with van der Waals surface area (Å²) in [6.07, 6.45) is 0. The van der Waals surface area contributed by atoms with Crippen molar-refractivity contribution in [2.45, 2.75) is 5.33 Å². The van der Waals surface area contributed by atoms with Crippen LogP contribution in [0, 0.1) is 0 Å². The first-order valence-electron chi connectivity index (χ1n) is 3.39.